The minimum absolute atomic E-state index is 0.242. The number of benzene rings is 2. The molecule has 3 aromatic rings. The van der Waals surface area contributed by atoms with Crippen molar-refractivity contribution < 1.29 is 17.9 Å². The zero-order chi connectivity index (χ0) is 26.3. The molecular weight excluding hydrogens is 504 g/mol. The molecule has 4 rings (SSSR count). The first kappa shape index (κ1) is 27.5. The van der Waals surface area contributed by atoms with Gasteiger partial charge in [0.15, 0.2) is 5.75 Å². The lowest BCUT2D eigenvalue weighted by Gasteiger charge is -2.22. The Bertz CT molecular complexity index is 1250. The quantitative estimate of drug-likeness (QED) is 0.253. The summed E-state index contributed by atoms with van der Waals surface area (Å²) in [4.78, 5) is 0. The molecule has 1 aliphatic carbocycles. The number of ether oxygens (including phenoxy) is 2. The van der Waals surface area contributed by atoms with Gasteiger partial charge in [-0.3, -0.25) is 4.72 Å². The first-order valence-corrected chi connectivity index (χ1v) is 15.4. The van der Waals surface area contributed by atoms with E-state index in [2.05, 4.69) is 23.0 Å². The van der Waals surface area contributed by atoms with Gasteiger partial charge in [0.1, 0.15) is 9.96 Å². The molecule has 0 bridgehead atoms. The van der Waals surface area contributed by atoms with Gasteiger partial charge in [-0.05, 0) is 47.9 Å². The van der Waals surface area contributed by atoms with E-state index in [-0.39, 0.29) is 4.21 Å². The number of hydrogen-bond donors (Lipinski definition) is 2. The van der Waals surface area contributed by atoms with Crippen molar-refractivity contribution in [3.05, 3.63) is 59.5 Å². The van der Waals surface area contributed by atoms with Crippen LogP contribution in [-0.4, -0.2) is 28.7 Å². The fraction of sp³-hybridized carbons (Fsp3) is 0.448. The highest BCUT2D eigenvalue weighted by molar-refractivity contribution is 7.94. The van der Waals surface area contributed by atoms with E-state index in [1.165, 1.54) is 56.3 Å². The lowest BCUT2D eigenvalue weighted by Crippen LogP contribution is -2.28. The predicted molar refractivity (Wildman–Crippen MR) is 152 cm³/mol. The first-order valence-electron chi connectivity index (χ1n) is 13.0. The van der Waals surface area contributed by atoms with E-state index in [0.29, 0.717) is 29.8 Å². The lowest BCUT2D eigenvalue weighted by atomic mass is 9.93. The number of sulfonamides is 1. The number of rotatable bonds is 11. The molecule has 0 saturated heterocycles. The fourth-order valence-corrected chi connectivity index (χ4v) is 7.28. The van der Waals surface area contributed by atoms with E-state index < -0.39 is 10.0 Å². The molecule has 37 heavy (non-hydrogen) atoms. The van der Waals surface area contributed by atoms with Crippen LogP contribution < -0.4 is 19.5 Å². The van der Waals surface area contributed by atoms with E-state index in [1.807, 2.05) is 24.3 Å². The summed E-state index contributed by atoms with van der Waals surface area (Å²) in [7, 11) is -0.620. The topological polar surface area (TPSA) is 76.7 Å². The number of hydrogen-bond acceptors (Lipinski definition) is 6. The van der Waals surface area contributed by atoms with Gasteiger partial charge in [0, 0.05) is 24.2 Å². The third-order valence-corrected chi connectivity index (χ3v) is 9.88. The summed E-state index contributed by atoms with van der Waals surface area (Å²) in [5.41, 5.74) is 3.21. The van der Waals surface area contributed by atoms with Gasteiger partial charge >= 0.3 is 0 Å². The van der Waals surface area contributed by atoms with Crippen LogP contribution in [0, 0.1) is 5.92 Å². The van der Waals surface area contributed by atoms with Gasteiger partial charge < -0.3 is 14.8 Å². The third kappa shape index (κ3) is 7.06. The SMILES string of the molecule is COc1cc(NS(=O)(=O)c2cccs2)c(OC)c(-c2ccccc2CN[C@@H](C)CC2CCCCCC2)c1. The second-order valence-electron chi connectivity index (χ2n) is 9.83. The summed E-state index contributed by atoms with van der Waals surface area (Å²) < 4.78 is 40.3. The van der Waals surface area contributed by atoms with Crippen LogP contribution in [0.15, 0.2) is 58.1 Å². The summed E-state index contributed by atoms with van der Waals surface area (Å²) in [6.45, 7) is 2.98. The van der Waals surface area contributed by atoms with E-state index in [9.17, 15) is 8.42 Å². The highest BCUT2D eigenvalue weighted by Crippen LogP contribution is 2.42. The van der Waals surface area contributed by atoms with Gasteiger partial charge in [-0.1, -0.05) is 68.9 Å². The monoisotopic (exact) mass is 542 g/mol. The molecule has 1 saturated carbocycles. The summed E-state index contributed by atoms with van der Waals surface area (Å²) in [6, 6.07) is 15.4. The molecule has 1 atom stereocenters. The molecule has 1 aromatic heterocycles. The highest BCUT2D eigenvalue weighted by atomic mass is 32.2. The average molecular weight is 543 g/mol. The summed E-state index contributed by atoms with van der Waals surface area (Å²) in [6.07, 6.45) is 9.34. The molecule has 0 unspecified atom stereocenters. The van der Waals surface area contributed by atoms with Crippen molar-refractivity contribution >= 4 is 27.0 Å². The van der Waals surface area contributed by atoms with Gasteiger partial charge in [0.25, 0.3) is 10.0 Å². The van der Waals surface area contributed by atoms with Crippen LogP contribution in [0.4, 0.5) is 5.69 Å². The van der Waals surface area contributed by atoms with Crippen molar-refractivity contribution in [2.24, 2.45) is 5.92 Å². The van der Waals surface area contributed by atoms with Crippen LogP contribution in [0.2, 0.25) is 0 Å². The van der Waals surface area contributed by atoms with Crippen LogP contribution in [-0.2, 0) is 16.6 Å². The predicted octanol–water partition coefficient (Wildman–Crippen LogP) is 7.07. The summed E-state index contributed by atoms with van der Waals surface area (Å²) >= 11 is 1.17. The van der Waals surface area contributed by atoms with Crippen LogP contribution in [0.5, 0.6) is 11.5 Å². The minimum Gasteiger partial charge on any atom is -0.497 e. The van der Waals surface area contributed by atoms with Crippen molar-refractivity contribution in [1.82, 2.24) is 5.32 Å². The standard InChI is InChI=1S/C29H38N2O4S2/c1-21(17-22-11-6-4-5-7-12-22)30-20-23-13-8-9-14-25(23)26-18-24(34-2)19-27(29(26)35-3)31-37(32,33)28-15-10-16-36-28/h8-10,13-16,18-19,21-22,30-31H,4-7,11-12,17,20H2,1-3H3/t21-/m0/s1. The summed E-state index contributed by atoms with van der Waals surface area (Å²) in [5.74, 6) is 1.81. The fourth-order valence-electron chi connectivity index (χ4n) is 5.23. The molecule has 8 heteroatoms. The second kappa shape index (κ2) is 12.8. The number of nitrogens with one attached hydrogen (secondary N) is 2. The molecule has 0 aliphatic heterocycles. The van der Waals surface area contributed by atoms with E-state index >= 15 is 0 Å². The van der Waals surface area contributed by atoms with Gasteiger partial charge in [-0.25, -0.2) is 8.42 Å². The average Bonchev–Trinajstić information content (AvgIpc) is 3.34. The molecule has 1 fully saturated rings. The van der Waals surface area contributed by atoms with Crippen molar-refractivity contribution in [3.8, 4) is 22.6 Å². The zero-order valence-electron chi connectivity index (χ0n) is 22.0. The van der Waals surface area contributed by atoms with Crippen molar-refractivity contribution in [3.63, 3.8) is 0 Å². The zero-order valence-corrected chi connectivity index (χ0v) is 23.6. The van der Waals surface area contributed by atoms with Gasteiger partial charge in [0.05, 0.1) is 19.9 Å². The molecule has 6 nitrogen and oxygen atoms in total. The Morgan fingerprint density at radius 3 is 2.41 bits per heavy atom. The van der Waals surface area contributed by atoms with E-state index in [4.69, 9.17) is 9.47 Å². The Kier molecular flexibility index (Phi) is 9.51. The first-order chi connectivity index (χ1) is 17.9. The molecule has 1 heterocycles. The van der Waals surface area contributed by atoms with Crippen molar-refractivity contribution in [2.75, 3.05) is 18.9 Å². The molecule has 0 spiro atoms. The normalized spacial score (nSPS) is 15.6. The Hall–Kier alpha value is -2.55. The van der Waals surface area contributed by atoms with Gasteiger partial charge in [-0.15, -0.1) is 11.3 Å². The smallest absolute Gasteiger partial charge is 0.271 e. The Morgan fingerprint density at radius 2 is 1.73 bits per heavy atom. The van der Waals surface area contributed by atoms with Gasteiger partial charge in [0.2, 0.25) is 0 Å². The number of anilines is 1. The number of thiophene rings is 1. The maximum Gasteiger partial charge on any atom is 0.271 e. The minimum atomic E-state index is -3.75. The highest BCUT2D eigenvalue weighted by Gasteiger charge is 2.22. The van der Waals surface area contributed by atoms with Crippen molar-refractivity contribution in [1.29, 1.82) is 0 Å². The molecule has 0 radical (unpaired) electrons. The maximum atomic E-state index is 13.0. The Morgan fingerprint density at radius 1 is 0.973 bits per heavy atom. The van der Waals surface area contributed by atoms with Crippen LogP contribution in [0.3, 0.4) is 0 Å². The molecular formula is C29H38N2O4S2. The second-order valence-corrected chi connectivity index (χ2v) is 12.7. The van der Waals surface area contributed by atoms with E-state index in [1.54, 1.807) is 37.8 Å². The maximum absolute atomic E-state index is 13.0. The lowest BCUT2D eigenvalue weighted by molar-refractivity contribution is 0.363. The molecule has 2 N–H and O–H groups in total. The van der Waals surface area contributed by atoms with Gasteiger partial charge in [-0.2, -0.15) is 0 Å². The molecule has 1 aliphatic rings. The van der Waals surface area contributed by atoms with E-state index in [0.717, 1.165) is 22.6 Å². The molecule has 0 amide bonds. The van der Waals surface area contributed by atoms with Crippen LogP contribution in [0.25, 0.3) is 11.1 Å². The Balaban J connectivity index is 1.60. The van der Waals surface area contributed by atoms with Crippen LogP contribution in [0.1, 0.15) is 57.4 Å². The largest absolute Gasteiger partial charge is 0.497 e. The molecule has 200 valence electrons. The summed E-state index contributed by atoms with van der Waals surface area (Å²) in [5, 5.41) is 5.47. The third-order valence-electron chi connectivity index (χ3n) is 7.12. The van der Waals surface area contributed by atoms with Crippen molar-refractivity contribution in [2.45, 2.75) is 68.7 Å². The van der Waals surface area contributed by atoms with Crippen LogP contribution >= 0.6 is 11.3 Å². The molecule has 2 aromatic carbocycles. The Labute approximate surface area is 225 Å². The number of methoxy groups -OCH3 is 2.